The van der Waals surface area contributed by atoms with Crippen molar-refractivity contribution in [1.82, 2.24) is 4.98 Å². The third-order valence-corrected chi connectivity index (χ3v) is 10.1. The summed E-state index contributed by atoms with van der Waals surface area (Å²) in [5.41, 5.74) is 3.99. The van der Waals surface area contributed by atoms with E-state index in [1.807, 2.05) is 153 Å². The molecule has 0 aliphatic rings. The van der Waals surface area contributed by atoms with E-state index in [9.17, 15) is 4.79 Å². The molecule has 0 aliphatic carbocycles. The quantitative estimate of drug-likeness (QED) is 0.0558. The Morgan fingerprint density at radius 2 is 0.962 bits per heavy atom. The van der Waals surface area contributed by atoms with Gasteiger partial charge in [-0.15, -0.1) is 11.3 Å². The molecule has 1 heterocycles. The zero-order valence-electron chi connectivity index (χ0n) is 29.6. The maximum atomic E-state index is 13.9. The molecule has 0 radical (unpaired) electrons. The summed E-state index contributed by atoms with van der Waals surface area (Å²) in [5, 5.41) is 9.16. The Morgan fingerprint density at radius 1 is 0.604 bits per heavy atom. The number of hydrogen-bond donors (Lipinski definition) is 1. The van der Waals surface area contributed by atoms with Gasteiger partial charge < -0.3 is 14.9 Å². The molecule has 0 aliphatic heterocycles. The molecule has 6 nitrogen and oxygen atoms in total. The molecule has 0 bridgehead atoms. The van der Waals surface area contributed by atoms with E-state index in [4.69, 9.17) is 19.7 Å². The zero-order chi connectivity index (χ0) is 36.5. The second-order valence-corrected chi connectivity index (χ2v) is 13.6. The van der Waals surface area contributed by atoms with Crippen LogP contribution in [0, 0.1) is 6.92 Å². The highest BCUT2D eigenvalue weighted by molar-refractivity contribution is 7.16. The van der Waals surface area contributed by atoms with Gasteiger partial charge in [-0.2, -0.15) is 0 Å². The molecule has 7 rings (SSSR count). The number of aromatic nitrogens is 1. The van der Waals surface area contributed by atoms with Crippen LogP contribution in [-0.4, -0.2) is 23.3 Å². The molecule has 7 aromatic rings. The van der Waals surface area contributed by atoms with Gasteiger partial charge >= 0.3 is 5.97 Å². The van der Waals surface area contributed by atoms with Gasteiger partial charge in [-0.1, -0.05) is 187 Å². The Balaban J connectivity index is 1.39. The fourth-order valence-corrected chi connectivity index (χ4v) is 7.65. The standard InChI is InChI=1S/C46H39N3O3S/c1-3-51-43(50)42(49-52-46(38-28-16-7-17-29-38,39-30-18-8-19-31-39)40-32-20-9-21-33-40)41-34(2)53-44(47-41)48-45(35-22-10-4-11-23-35,36-24-12-5-13-25-36)37-26-14-6-15-27-37/h4-33H,3H2,1-2H3,(H,47,48)/b49-42-. The SMILES string of the molecule is CCOC(=O)/C(=N\OC(c1ccccc1)(c1ccccc1)c1ccccc1)c1nc(NC(c2ccccc2)(c2ccccc2)c2ccccc2)sc1C. The largest absolute Gasteiger partial charge is 0.461 e. The van der Waals surface area contributed by atoms with Gasteiger partial charge in [0.25, 0.3) is 0 Å². The topological polar surface area (TPSA) is 72.8 Å². The molecule has 262 valence electrons. The van der Waals surface area contributed by atoms with Gasteiger partial charge in [-0.25, -0.2) is 9.78 Å². The van der Waals surface area contributed by atoms with Gasteiger partial charge in [0.05, 0.1) is 6.61 Å². The lowest BCUT2D eigenvalue weighted by atomic mass is 9.77. The van der Waals surface area contributed by atoms with E-state index in [1.54, 1.807) is 6.92 Å². The van der Waals surface area contributed by atoms with Crippen LogP contribution in [0.15, 0.2) is 187 Å². The van der Waals surface area contributed by atoms with E-state index in [2.05, 4.69) is 41.7 Å². The van der Waals surface area contributed by atoms with Crippen LogP contribution in [-0.2, 0) is 25.5 Å². The Kier molecular flexibility index (Phi) is 10.6. The fraction of sp³-hybridized carbons (Fsp3) is 0.109. The minimum absolute atomic E-state index is 0.0226. The minimum Gasteiger partial charge on any atom is -0.461 e. The number of rotatable bonds is 13. The van der Waals surface area contributed by atoms with Crippen molar-refractivity contribution in [2.24, 2.45) is 5.16 Å². The van der Waals surface area contributed by atoms with Gasteiger partial charge in [0.2, 0.25) is 11.3 Å². The third kappa shape index (κ3) is 6.99. The average molecular weight is 714 g/mol. The molecule has 53 heavy (non-hydrogen) atoms. The van der Waals surface area contributed by atoms with Crippen molar-refractivity contribution < 1.29 is 14.4 Å². The molecule has 6 aromatic carbocycles. The van der Waals surface area contributed by atoms with E-state index >= 15 is 0 Å². The number of carbonyl (C=O) groups is 1. The van der Waals surface area contributed by atoms with Crippen LogP contribution in [0.25, 0.3) is 0 Å². The molecule has 0 amide bonds. The first-order chi connectivity index (χ1) is 26.1. The second kappa shape index (κ2) is 15.9. The van der Waals surface area contributed by atoms with Gasteiger partial charge in [-0.3, -0.25) is 0 Å². The number of anilines is 1. The molecule has 1 aromatic heterocycles. The highest BCUT2D eigenvalue weighted by Crippen LogP contribution is 2.43. The predicted octanol–water partition coefficient (Wildman–Crippen LogP) is 10.1. The lowest BCUT2D eigenvalue weighted by Gasteiger charge is -2.36. The van der Waals surface area contributed by atoms with Crippen LogP contribution in [0.4, 0.5) is 5.13 Å². The van der Waals surface area contributed by atoms with Crippen molar-refractivity contribution in [2.75, 3.05) is 11.9 Å². The number of oxime groups is 1. The minimum atomic E-state index is -1.20. The highest BCUT2D eigenvalue weighted by atomic mass is 32.1. The molecular weight excluding hydrogens is 675 g/mol. The van der Waals surface area contributed by atoms with Gasteiger partial charge in [0, 0.05) is 21.6 Å². The summed E-state index contributed by atoms with van der Waals surface area (Å²) in [7, 11) is 0. The predicted molar refractivity (Wildman–Crippen MR) is 213 cm³/mol. The summed E-state index contributed by atoms with van der Waals surface area (Å²) in [4.78, 5) is 26.5. The molecule has 0 fully saturated rings. The number of thiazole rings is 1. The van der Waals surface area contributed by atoms with Crippen molar-refractivity contribution in [3.8, 4) is 0 Å². The molecule has 1 N–H and O–H groups in total. The van der Waals surface area contributed by atoms with Crippen LogP contribution in [0.2, 0.25) is 0 Å². The molecule has 7 heteroatoms. The van der Waals surface area contributed by atoms with Gasteiger partial charge in [-0.05, 0) is 30.5 Å². The van der Waals surface area contributed by atoms with Crippen molar-refractivity contribution >= 4 is 28.1 Å². The lowest BCUT2D eigenvalue weighted by molar-refractivity contribution is -0.135. The third-order valence-electron chi connectivity index (χ3n) is 9.22. The van der Waals surface area contributed by atoms with Crippen molar-refractivity contribution in [3.05, 3.63) is 226 Å². The molecule has 0 atom stereocenters. The number of aryl methyl sites for hydroxylation is 1. The first-order valence-electron chi connectivity index (χ1n) is 17.6. The number of nitrogens with zero attached hydrogens (tertiary/aromatic N) is 2. The van der Waals surface area contributed by atoms with Crippen LogP contribution in [0.3, 0.4) is 0 Å². The summed E-state index contributed by atoms with van der Waals surface area (Å²) in [6, 6.07) is 60.7. The molecule has 0 saturated carbocycles. The van der Waals surface area contributed by atoms with Gasteiger partial charge in [0.1, 0.15) is 11.2 Å². The van der Waals surface area contributed by atoms with Gasteiger partial charge in [0.15, 0.2) is 5.13 Å². The van der Waals surface area contributed by atoms with Crippen molar-refractivity contribution in [2.45, 2.75) is 25.0 Å². The monoisotopic (exact) mass is 713 g/mol. The fourth-order valence-electron chi connectivity index (χ4n) is 6.78. The number of hydrogen-bond acceptors (Lipinski definition) is 7. The van der Waals surface area contributed by atoms with Crippen molar-refractivity contribution in [1.29, 1.82) is 0 Å². The first kappa shape index (κ1) is 35.1. The molecule has 0 unspecified atom stereocenters. The summed E-state index contributed by atoms with van der Waals surface area (Å²) >= 11 is 1.45. The van der Waals surface area contributed by atoms with E-state index in [-0.39, 0.29) is 12.3 Å². The second-order valence-electron chi connectivity index (χ2n) is 12.4. The van der Waals surface area contributed by atoms with Crippen molar-refractivity contribution in [3.63, 3.8) is 0 Å². The number of benzene rings is 6. The van der Waals surface area contributed by atoms with E-state index < -0.39 is 17.1 Å². The Hall–Kier alpha value is -6.31. The average Bonchev–Trinajstić information content (AvgIpc) is 3.59. The van der Waals surface area contributed by atoms with Crippen LogP contribution in [0.1, 0.15) is 50.9 Å². The highest BCUT2D eigenvalue weighted by Gasteiger charge is 2.41. The summed E-state index contributed by atoms with van der Waals surface area (Å²) in [6.45, 7) is 3.86. The van der Waals surface area contributed by atoms with E-state index in [0.29, 0.717) is 10.8 Å². The van der Waals surface area contributed by atoms with Crippen LogP contribution >= 0.6 is 11.3 Å². The van der Waals surface area contributed by atoms with Crippen LogP contribution in [0.5, 0.6) is 0 Å². The first-order valence-corrected chi connectivity index (χ1v) is 18.4. The maximum Gasteiger partial charge on any atom is 0.362 e. The molecule has 0 spiro atoms. The number of esters is 1. The molecule has 0 saturated heterocycles. The summed E-state index contributed by atoms with van der Waals surface area (Å²) in [6.07, 6.45) is 0. The number of carbonyl (C=O) groups excluding carboxylic acids is 1. The van der Waals surface area contributed by atoms with E-state index in [0.717, 1.165) is 38.3 Å². The summed E-state index contributed by atoms with van der Waals surface area (Å²) in [5.74, 6) is -0.629. The maximum absolute atomic E-state index is 13.9. The normalized spacial score (nSPS) is 11.8. The smallest absolute Gasteiger partial charge is 0.362 e. The Morgan fingerprint density at radius 3 is 1.32 bits per heavy atom. The van der Waals surface area contributed by atoms with Crippen LogP contribution < -0.4 is 5.32 Å². The zero-order valence-corrected chi connectivity index (χ0v) is 30.4. The number of ether oxygens (including phenoxy) is 1. The summed E-state index contributed by atoms with van der Waals surface area (Å²) < 4.78 is 5.61. The number of nitrogens with one attached hydrogen (secondary N) is 1. The Labute approximate surface area is 314 Å². The molecular formula is C46H39N3O3S. The Bertz CT molecular complexity index is 2070. The lowest BCUT2D eigenvalue weighted by Crippen LogP contribution is -2.38. The van der Waals surface area contributed by atoms with E-state index in [1.165, 1.54) is 11.3 Å².